The molecule has 3 aromatic rings. The van der Waals surface area contributed by atoms with Gasteiger partial charge in [0.05, 0.1) is 5.71 Å². The molecule has 0 aliphatic carbocycles. The van der Waals surface area contributed by atoms with Crippen LogP contribution in [0.5, 0.6) is 0 Å². The molecule has 2 aliphatic rings. The lowest BCUT2D eigenvalue weighted by molar-refractivity contribution is 0.0160. The Bertz CT molecular complexity index is 1250. The Morgan fingerprint density at radius 2 is 1.76 bits per heavy atom. The Balaban J connectivity index is 1.21. The van der Waals surface area contributed by atoms with Crippen LogP contribution in [-0.4, -0.2) is 64.7 Å². The molecule has 5 rings (SSSR count). The summed E-state index contributed by atoms with van der Waals surface area (Å²) in [6, 6.07) is 18.3. The van der Waals surface area contributed by atoms with Gasteiger partial charge in [-0.25, -0.2) is 0 Å². The number of likely N-dealkylation sites (tertiary alicyclic amines) is 2. The maximum Gasteiger partial charge on any atom is 0.273 e. The van der Waals surface area contributed by atoms with Crippen LogP contribution in [0, 0.1) is 5.92 Å². The van der Waals surface area contributed by atoms with Crippen molar-refractivity contribution in [3.8, 4) is 0 Å². The average molecular weight is 564 g/mol. The second-order valence-corrected chi connectivity index (χ2v) is 11.2. The van der Waals surface area contributed by atoms with E-state index in [-0.39, 0.29) is 11.4 Å². The summed E-state index contributed by atoms with van der Waals surface area (Å²) in [6.45, 7) is 8.49. The zero-order valence-corrected chi connectivity index (χ0v) is 23.3. The summed E-state index contributed by atoms with van der Waals surface area (Å²) < 4.78 is 1.07. The van der Waals surface area contributed by atoms with Crippen LogP contribution >= 0.6 is 15.9 Å². The van der Waals surface area contributed by atoms with Gasteiger partial charge in [0.1, 0.15) is 12.3 Å². The molecule has 0 unspecified atom stereocenters. The highest BCUT2D eigenvalue weighted by molar-refractivity contribution is 9.10. The van der Waals surface area contributed by atoms with Gasteiger partial charge in [-0.05, 0) is 81.8 Å². The maximum absolute atomic E-state index is 13.4. The molecule has 0 saturated carbocycles. The molecule has 7 heteroatoms. The van der Waals surface area contributed by atoms with Crippen LogP contribution in [0.25, 0.3) is 10.8 Å². The van der Waals surface area contributed by atoms with E-state index in [0.29, 0.717) is 18.2 Å². The summed E-state index contributed by atoms with van der Waals surface area (Å²) in [5.74, 6) is 0.426. The summed E-state index contributed by atoms with van der Waals surface area (Å²) in [6.07, 6.45) is 5.80. The van der Waals surface area contributed by atoms with E-state index in [4.69, 9.17) is 4.84 Å². The first kappa shape index (κ1) is 25.9. The van der Waals surface area contributed by atoms with E-state index < -0.39 is 0 Å². The maximum atomic E-state index is 13.4. The van der Waals surface area contributed by atoms with Gasteiger partial charge >= 0.3 is 0 Å². The Morgan fingerprint density at radius 3 is 2.46 bits per heavy atom. The molecule has 2 fully saturated rings. The van der Waals surface area contributed by atoms with E-state index >= 15 is 0 Å². The van der Waals surface area contributed by atoms with Crippen molar-refractivity contribution in [2.24, 2.45) is 11.1 Å². The highest BCUT2D eigenvalue weighted by Gasteiger charge is 2.39. The van der Waals surface area contributed by atoms with Crippen LogP contribution in [0.1, 0.15) is 55.6 Å². The Labute approximate surface area is 227 Å². The first-order valence-electron chi connectivity index (χ1n) is 13.3. The van der Waals surface area contributed by atoms with Gasteiger partial charge in [-0.3, -0.25) is 14.7 Å². The number of nitrogens with zero attached hydrogens (tertiary/aromatic N) is 4. The number of fused-ring (bicyclic) bond motifs is 1. The van der Waals surface area contributed by atoms with Gasteiger partial charge in [0.2, 0.25) is 0 Å². The van der Waals surface area contributed by atoms with Gasteiger partial charge in [0.25, 0.3) is 5.91 Å². The molecule has 0 radical (unpaired) electrons. The lowest BCUT2D eigenvalue weighted by Gasteiger charge is -2.49. The van der Waals surface area contributed by atoms with Gasteiger partial charge in [-0.1, -0.05) is 57.5 Å². The summed E-state index contributed by atoms with van der Waals surface area (Å²) in [4.78, 5) is 28.0. The van der Waals surface area contributed by atoms with Crippen LogP contribution in [0.3, 0.4) is 0 Å². The highest BCUT2D eigenvalue weighted by Crippen LogP contribution is 2.34. The molecule has 194 valence electrons. The minimum absolute atomic E-state index is 0.0452. The number of piperidine rings is 2. The standard InChI is InChI=1S/C30H35BrN4O2/c1-3-37-33-27(23-8-10-25(31)11-9-23)24-13-18-35(19-14-24)30(2)15-20-34(21-16-30)29(36)28-26-7-5-4-6-22(26)12-17-32-28/h4-12,17,24H,3,13-16,18-21H2,1-2H3. The SMILES string of the molecule is CCON=C(c1ccc(Br)cc1)C1CCN(C2(C)CCN(C(=O)c3nccc4ccccc34)CC2)CC1. The van der Waals surface area contributed by atoms with E-state index in [9.17, 15) is 4.79 Å². The molecule has 0 spiro atoms. The summed E-state index contributed by atoms with van der Waals surface area (Å²) >= 11 is 3.53. The predicted octanol–water partition coefficient (Wildman–Crippen LogP) is 6.14. The number of benzene rings is 2. The lowest BCUT2D eigenvalue weighted by atomic mass is 9.82. The van der Waals surface area contributed by atoms with Gasteiger partial charge in [-0.2, -0.15) is 0 Å². The average Bonchev–Trinajstić information content (AvgIpc) is 2.94. The second kappa shape index (κ2) is 11.3. The smallest absolute Gasteiger partial charge is 0.273 e. The molecule has 0 N–H and O–H groups in total. The van der Waals surface area contributed by atoms with Crippen LogP contribution in [0.2, 0.25) is 0 Å². The molecule has 0 bridgehead atoms. The minimum Gasteiger partial charge on any atom is -0.396 e. The van der Waals surface area contributed by atoms with Crippen LogP contribution in [0.4, 0.5) is 0 Å². The van der Waals surface area contributed by atoms with E-state index in [0.717, 1.165) is 78.4 Å². The first-order chi connectivity index (χ1) is 18.0. The van der Waals surface area contributed by atoms with Gasteiger partial charge in [0, 0.05) is 40.6 Å². The van der Waals surface area contributed by atoms with Gasteiger partial charge in [0.15, 0.2) is 0 Å². The third-order valence-electron chi connectivity index (χ3n) is 8.08. The number of hydrogen-bond donors (Lipinski definition) is 0. The monoisotopic (exact) mass is 562 g/mol. The zero-order valence-electron chi connectivity index (χ0n) is 21.7. The van der Waals surface area contributed by atoms with Crippen molar-refractivity contribution in [1.82, 2.24) is 14.8 Å². The first-order valence-corrected chi connectivity index (χ1v) is 14.1. The molecular formula is C30H35BrN4O2. The number of pyridine rings is 1. The number of hydrogen-bond acceptors (Lipinski definition) is 5. The third kappa shape index (κ3) is 5.58. The summed E-state index contributed by atoms with van der Waals surface area (Å²) in [5, 5.41) is 6.52. The highest BCUT2D eigenvalue weighted by atomic mass is 79.9. The normalized spacial score (nSPS) is 19.2. The van der Waals surface area contributed by atoms with Crippen LogP contribution < -0.4 is 0 Å². The zero-order chi connectivity index (χ0) is 25.8. The summed E-state index contributed by atoms with van der Waals surface area (Å²) in [7, 11) is 0. The minimum atomic E-state index is 0.0452. The van der Waals surface area contributed by atoms with Crippen molar-refractivity contribution in [1.29, 1.82) is 0 Å². The van der Waals surface area contributed by atoms with Crippen molar-refractivity contribution >= 4 is 38.3 Å². The fourth-order valence-electron chi connectivity index (χ4n) is 5.76. The van der Waals surface area contributed by atoms with Crippen molar-refractivity contribution in [3.05, 3.63) is 76.5 Å². The molecule has 1 aromatic heterocycles. The number of oxime groups is 1. The van der Waals surface area contributed by atoms with Crippen LogP contribution in [0.15, 0.2) is 70.4 Å². The van der Waals surface area contributed by atoms with Gasteiger partial charge in [-0.15, -0.1) is 0 Å². The van der Waals surface area contributed by atoms with Crippen molar-refractivity contribution in [3.63, 3.8) is 0 Å². The number of carbonyl (C=O) groups is 1. The molecule has 3 heterocycles. The van der Waals surface area contributed by atoms with E-state index in [2.05, 4.69) is 62.2 Å². The topological polar surface area (TPSA) is 58.0 Å². The number of amides is 1. The Kier molecular flexibility index (Phi) is 7.91. The third-order valence-corrected chi connectivity index (χ3v) is 8.61. The molecule has 37 heavy (non-hydrogen) atoms. The quantitative estimate of drug-likeness (QED) is 0.267. The molecule has 1 amide bonds. The van der Waals surface area contributed by atoms with E-state index in [1.807, 2.05) is 42.2 Å². The van der Waals surface area contributed by atoms with Crippen molar-refractivity contribution in [2.75, 3.05) is 32.8 Å². The largest absolute Gasteiger partial charge is 0.396 e. The fraction of sp³-hybridized carbons (Fsp3) is 0.433. The molecule has 0 atom stereocenters. The summed E-state index contributed by atoms with van der Waals surface area (Å²) in [5.41, 5.74) is 2.86. The number of rotatable bonds is 6. The molecule has 2 aromatic carbocycles. The Morgan fingerprint density at radius 1 is 1.05 bits per heavy atom. The van der Waals surface area contributed by atoms with E-state index in [1.165, 1.54) is 0 Å². The molecule has 6 nitrogen and oxygen atoms in total. The predicted molar refractivity (Wildman–Crippen MR) is 152 cm³/mol. The molecule has 2 saturated heterocycles. The van der Waals surface area contributed by atoms with Gasteiger partial charge < -0.3 is 9.74 Å². The molecule has 2 aliphatic heterocycles. The van der Waals surface area contributed by atoms with Crippen molar-refractivity contribution < 1.29 is 9.63 Å². The van der Waals surface area contributed by atoms with Crippen molar-refractivity contribution in [2.45, 2.75) is 45.1 Å². The second-order valence-electron chi connectivity index (χ2n) is 10.3. The molecular weight excluding hydrogens is 528 g/mol. The van der Waals surface area contributed by atoms with Crippen LogP contribution in [-0.2, 0) is 4.84 Å². The fourth-order valence-corrected chi connectivity index (χ4v) is 6.02. The van der Waals surface area contributed by atoms with E-state index in [1.54, 1.807) is 6.20 Å². The lowest BCUT2D eigenvalue weighted by Crippen LogP contribution is -2.56. The number of carbonyl (C=O) groups excluding carboxylic acids is 1. The number of aromatic nitrogens is 1. The number of halogens is 1. The Hall–Kier alpha value is -2.77.